The average molecular weight is 273 g/mol. The molecule has 2 aliphatic heterocycles. The predicted molar refractivity (Wildman–Crippen MR) is 75.7 cm³/mol. The summed E-state index contributed by atoms with van der Waals surface area (Å²) in [6.07, 6.45) is 6.00. The molecule has 1 aromatic rings. The molecule has 0 amide bonds. The highest BCUT2D eigenvalue weighted by Gasteiger charge is 2.40. The summed E-state index contributed by atoms with van der Waals surface area (Å²) in [5, 5.41) is 12.2. The van der Waals surface area contributed by atoms with Crippen LogP contribution >= 0.6 is 0 Å². The Morgan fingerprint density at radius 1 is 1.45 bits per heavy atom. The molecular weight excluding hydrogens is 254 g/mol. The van der Waals surface area contributed by atoms with Crippen LogP contribution in [0.25, 0.3) is 0 Å². The number of piperidine rings is 1. The number of anilines is 2. The molecule has 1 atom stereocenters. The summed E-state index contributed by atoms with van der Waals surface area (Å²) in [4.78, 5) is 10.8. The van der Waals surface area contributed by atoms with E-state index in [0.717, 1.165) is 51.2 Å². The van der Waals surface area contributed by atoms with Crippen molar-refractivity contribution in [3.63, 3.8) is 0 Å². The molecule has 6 nitrogen and oxygen atoms in total. The Morgan fingerprint density at radius 3 is 3.00 bits per heavy atom. The van der Waals surface area contributed by atoms with E-state index < -0.39 is 0 Å². The first-order valence-electron chi connectivity index (χ1n) is 7.10. The van der Waals surface area contributed by atoms with Crippen LogP contribution in [0.5, 0.6) is 0 Å². The second kappa shape index (κ2) is 5.25. The van der Waals surface area contributed by atoms with Gasteiger partial charge in [0.05, 0.1) is 11.8 Å². The molecule has 2 fully saturated rings. The van der Waals surface area contributed by atoms with E-state index in [9.17, 15) is 5.26 Å². The smallest absolute Gasteiger partial charge is 0.224 e. The summed E-state index contributed by atoms with van der Waals surface area (Å²) in [6, 6.07) is 2.19. The quantitative estimate of drug-likeness (QED) is 0.881. The number of hydrogen-bond donors (Lipinski definition) is 1. The van der Waals surface area contributed by atoms with Crippen molar-refractivity contribution in [3.05, 3.63) is 11.8 Å². The molecule has 1 unspecified atom stereocenters. The standard InChI is InChI=1S/C14H19N5O/c1-16-13-17-9-11(8-15)12(18-13)19-6-2-4-14(10-19)5-3-7-20-14/h9H,2-7,10H2,1H3,(H,16,17,18). The fraction of sp³-hybridized carbons (Fsp3) is 0.643. The average Bonchev–Trinajstić information content (AvgIpc) is 2.94. The van der Waals surface area contributed by atoms with Gasteiger partial charge in [-0.3, -0.25) is 0 Å². The molecule has 6 heteroatoms. The molecule has 1 N–H and O–H groups in total. The number of nitriles is 1. The van der Waals surface area contributed by atoms with Gasteiger partial charge in [-0.15, -0.1) is 0 Å². The van der Waals surface area contributed by atoms with Crippen molar-refractivity contribution in [1.29, 1.82) is 5.26 Å². The maximum absolute atomic E-state index is 9.26. The zero-order chi connectivity index (χ0) is 14.0. The summed E-state index contributed by atoms with van der Waals surface area (Å²) in [6.45, 7) is 2.59. The third-order valence-electron chi connectivity index (χ3n) is 4.14. The van der Waals surface area contributed by atoms with Crippen molar-refractivity contribution in [2.75, 3.05) is 37.0 Å². The Labute approximate surface area is 118 Å². The zero-order valence-electron chi connectivity index (χ0n) is 11.7. The molecule has 3 rings (SSSR count). The molecule has 1 spiro atoms. The summed E-state index contributed by atoms with van der Waals surface area (Å²) < 4.78 is 5.98. The van der Waals surface area contributed by atoms with E-state index in [4.69, 9.17) is 4.74 Å². The van der Waals surface area contributed by atoms with Crippen LogP contribution < -0.4 is 10.2 Å². The zero-order valence-corrected chi connectivity index (χ0v) is 11.7. The van der Waals surface area contributed by atoms with E-state index in [1.165, 1.54) is 0 Å². The molecule has 0 aromatic carbocycles. The van der Waals surface area contributed by atoms with Crippen LogP contribution in [0, 0.1) is 11.3 Å². The number of ether oxygens (including phenoxy) is 1. The molecule has 0 radical (unpaired) electrons. The molecule has 20 heavy (non-hydrogen) atoms. The number of hydrogen-bond acceptors (Lipinski definition) is 6. The van der Waals surface area contributed by atoms with E-state index in [1.54, 1.807) is 13.2 Å². The number of nitrogens with zero attached hydrogens (tertiary/aromatic N) is 4. The molecule has 1 aromatic heterocycles. The van der Waals surface area contributed by atoms with E-state index in [1.807, 2.05) is 0 Å². The topological polar surface area (TPSA) is 74.1 Å². The van der Waals surface area contributed by atoms with Crippen molar-refractivity contribution in [1.82, 2.24) is 9.97 Å². The first kappa shape index (κ1) is 13.1. The summed E-state index contributed by atoms with van der Waals surface area (Å²) in [7, 11) is 1.78. The van der Waals surface area contributed by atoms with E-state index >= 15 is 0 Å². The normalized spacial score (nSPS) is 25.7. The van der Waals surface area contributed by atoms with Crippen LogP contribution in [0.15, 0.2) is 6.20 Å². The second-order valence-corrected chi connectivity index (χ2v) is 5.45. The third kappa shape index (κ3) is 2.29. The molecule has 106 valence electrons. The molecule has 2 aliphatic rings. The van der Waals surface area contributed by atoms with Gasteiger partial charge < -0.3 is 15.0 Å². The van der Waals surface area contributed by atoms with Crippen LogP contribution in [0.3, 0.4) is 0 Å². The Balaban J connectivity index is 1.90. The van der Waals surface area contributed by atoms with Crippen molar-refractivity contribution < 1.29 is 4.74 Å². The number of aromatic nitrogens is 2. The van der Waals surface area contributed by atoms with Crippen LogP contribution in [0.1, 0.15) is 31.2 Å². The van der Waals surface area contributed by atoms with E-state index in [0.29, 0.717) is 11.5 Å². The fourth-order valence-corrected chi connectivity index (χ4v) is 3.17. The summed E-state index contributed by atoms with van der Waals surface area (Å²) in [5.74, 6) is 1.27. The molecule has 3 heterocycles. The van der Waals surface area contributed by atoms with Gasteiger partial charge in [-0.25, -0.2) is 4.98 Å². The highest BCUT2D eigenvalue weighted by Crippen LogP contribution is 2.36. The molecule has 0 saturated carbocycles. The van der Waals surface area contributed by atoms with Crippen molar-refractivity contribution in [2.24, 2.45) is 0 Å². The van der Waals surface area contributed by atoms with Crippen LogP contribution in [-0.4, -0.2) is 42.3 Å². The largest absolute Gasteiger partial charge is 0.373 e. The van der Waals surface area contributed by atoms with E-state index in [-0.39, 0.29) is 5.60 Å². The molecule has 0 aliphatic carbocycles. The fourth-order valence-electron chi connectivity index (χ4n) is 3.17. The van der Waals surface area contributed by atoms with Crippen LogP contribution in [-0.2, 0) is 4.74 Å². The molecular formula is C14H19N5O. The maximum atomic E-state index is 9.26. The minimum atomic E-state index is -0.0320. The number of rotatable bonds is 2. The monoisotopic (exact) mass is 273 g/mol. The Hall–Kier alpha value is -1.87. The van der Waals surface area contributed by atoms with Gasteiger partial charge in [0.1, 0.15) is 11.6 Å². The van der Waals surface area contributed by atoms with Gasteiger partial charge in [-0.05, 0) is 25.7 Å². The van der Waals surface area contributed by atoms with Crippen molar-refractivity contribution in [3.8, 4) is 6.07 Å². The second-order valence-electron chi connectivity index (χ2n) is 5.45. The van der Waals surface area contributed by atoms with Crippen molar-refractivity contribution >= 4 is 11.8 Å². The SMILES string of the molecule is CNc1ncc(C#N)c(N2CCCC3(CCCO3)C2)n1. The highest BCUT2D eigenvalue weighted by atomic mass is 16.5. The third-order valence-corrected chi connectivity index (χ3v) is 4.14. The lowest BCUT2D eigenvalue weighted by Gasteiger charge is -2.40. The Morgan fingerprint density at radius 2 is 2.30 bits per heavy atom. The minimum absolute atomic E-state index is 0.0320. The van der Waals surface area contributed by atoms with Gasteiger partial charge in [0, 0.05) is 26.7 Å². The lowest BCUT2D eigenvalue weighted by atomic mass is 9.90. The van der Waals surface area contributed by atoms with Gasteiger partial charge in [-0.1, -0.05) is 0 Å². The van der Waals surface area contributed by atoms with Gasteiger partial charge >= 0.3 is 0 Å². The Kier molecular flexibility index (Phi) is 3.45. The van der Waals surface area contributed by atoms with Crippen LogP contribution in [0.2, 0.25) is 0 Å². The minimum Gasteiger partial charge on any atom is -0.373 e. The van der Waals surface area contributed by atoms with Crippen LogP contribution in [0.4, 0.5) is 11.8 Å². The highest BCUT2D eigenvalue weighted by molar-refractivity contribution is 5.55. The van der Waals surface area contributed by atoms with Gasteiger partial charge in [0.25, 0.3) is 0 Å². The summed E-state index contributed by atoms with van der Waals surface area (Å²) in [5.41, 5.74) is 0.495. The lowest BCUT2D eigenvalue weighted by Crippen LogP contribution is -2.48. The van der Waals surface area contributed by atoms with Gasteiger partial charge in [0.15, 0.2) is 5.82 Å². The first-order valence-corrected chi connectivity index (χ1v) is 7.10. The maximum Gasteiger partial charge on any atom is 0.224 e. The lowest BCUT2D eigenvalue weighted by molar-refractivity contribution is -0.00636. The predicted octanol–water partition coefficient (Wildman–Crippen LogP) is 1.54. The van der Waals surface area contributed by atoms with Crippen molar-refractivity contribution in [2.45, 2.75) is 31.3 Å². The Bertz CT molecular complexity index is 533. The molecule has 2 saturated heterocycles. The summed E-state index contributed by atoms with van der Waals surface area (Å²) >= 11 is 0. The van der Waals surface area contributed by atoms with Gasteiger partial charge in [-0.2, -0.15) is 10.2 Å². The van der Waals surface area contributed by atoms with E-state index in [2.05, 4.69) is 26.3 Å². The first-order chi connectivity index (χ1) is 9.76. The number of nitrogens with one attached hydrogen (secondary N) is 1. The molecule has 0 bridgehead atoms. The van der Waals surface area contributed by atoms with Gasteiger partial charge in [0.2, 0.25) is 5.95 Å².